The second kappa shape index (κ2) is 11.6. The van der Waals surface area contributed by atoms with Crippen molar-refractivity contribution in [3.63, 3.8) is 0 Å². The molecular formula is C27H28F3NO4. The van der Waals surface area contributed by atoms with E-state index < -0.39 is 17.6 Å². The summed E-state index contributed by atoms with van der Waals surface area (Å²) in [5, 5.41) is 0. The molecule has 0 aromatic heterocycles. The predicted octanol–water partition coefficient (Wildman–Crippen LogP) is 6.01. The van der Waals surface area contributed by atoms with Crippen LogP contribution >= 0.6 is 0 Å². The lowest BCUT2D eigenvalue weighted by molar-refractivity contribution is -0.137. The molecule has 0 fully saturated rings. The molecule has 0 aliphatic rings. The van der Waals surface area contributed by atoms with Crippen molar-refractivity contribution in [2.45, 2.75) is 26.1 Å². The van der Waals surface area contributed by atoms with Crippen LogP contribution in [0.3, 0.4) is 0 Å². The van der Waals surface area contributed by atoms with E-state index in [1.54, 1.807) is 30.2 Å². The maximum Gasteiger partial charge on any atom is 0.416 e. The first-order valence-electron chi connectivity index (χ1n) is 11.1. The quantitative estimate of drug-likeness (QED) is 0.352. The highest BCUT2D eigenvalue weighted by Crippen LogP contribution is 2.30. The second-order valence-corrected chi connectivity index (χ2v) is 7.82. The molecule has 186 valence electrons. The van der Waals surface area contributed by atoms with Crippen molar-refractivity contribution in [1.82, 2.24) is 4.90 Å². The summed E-state index contributed by atoms with van der Waals surface area (Å²) in [6.07, 6.45) is -4.06. The fraction of sp³-hybridized carbons (Fsp3) is 0.296. The minimum Gasteiger partial charge on any atom is -0.494 e. The van der Waals surface area contributed by atoms with Gasteiger partial charge in [0.25, 0.3) is 5.91 Å². The van der Waals surface area contributed by atoms with Gasteiger partial charge in [-0.3, -0.25) is 4.79 Å². The van der Waals surface area contributed by atoms with Crippen molar-refractivity contribution in [3.8, 4) is 17.2 Å². The molecule has 0 radical (unpaired) electrons. The van der Waals surface area contributed by atoms with Gasteiger partial charge in [0.05, 0.1) is 26.4 Å². The number of methoxy groups -OCH3 is 2. The highest BCUT2D eigenvalue weighted by atomic mass is 19.4. The van der Waals surface area contributed by atoms with Crippen molar-refractivity contribution in [1.29, 1.82) is 0 Å². The topological polar surface area (TPSA) is 48.0 Å². The van der Waals surface area contributed by atoms with Crippen LogP contribution < -0.4 is 14.2 Å². The molecule has 1 amide bonds. The van der Waals surface area contributed by atoms with Crippen LogP contribution in [0.2, 0.25) is 0 Å². The largest absolute Gasteiger partial charge is 0.494 e. The zero-order chi connectivity index (χ0) is 25.4. The Morgan fingerprint density at radius 2 is 1.57 bits per heavy atom. The van der Waals surface area contributed by atoms with Gasteiger partial charge in [-0.15, -0.1) is 0 Å². The van der Waals surface area contributed by atoms with E-state index in [0.29, 0.717) is 30.3 Å². The molecule has 0 aliphatic carbocycles. The van der Waals surface area contributed by atoms with Crippen LogP contribution in [-0.4, -0.2) is 38.2 Å². The third-order valence-electron chi connectivity index (χ3n) is 5.45. The summed E-state index contributed by atoms with van der Waals surface area (Å²) in [7, 11) is 3.08. The molecule has 3 aromatic rings. The molecule has 0 heterocycles. The second-order valence-electron chi connectivity index (χ2n) is 7.82. The van der Waals surface area contributed by atoms with Gasteiger partial charge in [-0.1, -0.05) is 24.3 Å². The Bertz CT molecular complexity index is 1130. The number of halogens is 3. The molecule has 0 unspecified atom stereocenters. The number of benzene rings is 3. The van der Waals surface area contributed by atoms with Gasteiger partial charge in [0.1, 0.15) is 5.75 Å². The van der Waals surface area contributed by atoms with Crippen LogP contribution in [0.4, 0.5) is 13.2 Å². The molecule has 0 aliphatic heterocycles. The molecule has 0 saturated carbocycles. The molecule has 0 bridgehead atoms. The monoisotopic (exact) mass is 487 g/mol. The highest BCUT2D eigenvalue weighted by Gasteiger charge is 2.31. The molecule has 0 saturated heterocycles. The Kier molecular flexibility index (Phi) is 8.63. The molecule has 8 heteroatoms. The summed E-state index contributed by atoms with van der Waals surface area (Å²) in [4.78, 5) is 14.9. The van der Waals surface area contributed by atoms with E-state index in [9.17, 15) is 18.0 Å². The molecule has 0 N–H and O–H groups in total. The molecular weight excluding hydrogens is 459 g/mol. The molecule has 3 rings (SSSR count). The number of nitrogens with zero attached hydrogens (tertiary/aromatic N) is 1. The molecule has 0 spiro atoms. The van der Waals surface area contributed by atoms with Gasteiger partial charge in [0.2, 0.25) is 0 Å². The SMILES string of the molecule is CCOc1ccc(CN(CCc2ccc(OC)c(OC)c2)C(=O)c2cccc(C(F)(F)F)c2)cc1. The maximum atomic E-state index is 13.3. The number of hydrogen-bond acceptors (Lipinski definition) is 4. The van der Waals surface area contributed by atoms with E-state index in [4.69, 9.17) is 14.2 Å². The summed E-state index contributed by atoms with van der Waals surface area (Å²) in [5.41, 5.74) is 0.861. The number of carbonyl (C=O) groups is 1. The van der Waals surface area contributed by atoms with Crippen molar-refractivity contribution in [2.75, 3.05) is 27.4 Å². The van der Waals surface area contributed by atoms with Gasteiger partial charge >= 0.3 is 6.18 Å². The summed E-state index contributed by atoms with van der Waals surface area (Å²) in [5.74, 6) is 1.37. The van der Waals surface area contributed by atoms with Crippen molar-refractivity contribution in [2.24, 2.45) is 0 Å². The first-order chi connectivity index (χ1) is 16.7. The standard InChI is InChI=1S/C27H28F3NO4/c1-4-35-23-11-8-20(9-12-23)18-31(15-14-19-10-13-24(33-2)25(16-19)34-3)26(32)21-6-5-7-22(17-21)27(28,29)30/h5-13,16-17H,4,14-15,18H2,1-3H3. The maximum absolute atomic E-state index is 13.3. The Balaban J connectivity index is 1.86. The normalized spacial score (nSPS) is 11.1. The Morgan fingerprint density at radius 3 is 2.20 bits per heavy atom. The first-order valence-corrected chi connectivity index (χ1v) is 11.1. The minimum atomic E-state index is -4.53. The molecule has 3 aromatic carbocycles. The van der Waals surface area contributed by atoms with Crippen molar-refractivity contribution < 1.29 is 32.2 Å². The Morgan fingerprint density at radius 1 is 0.886 bits per heavy atom. The smallest absolute Gasteiger partial charge is 0.416 e. The Labute approximate surface area is 203 Å². The van der Waals surface area contributed by atoms with Crippen LogP contribution in [0.5, 0.6) is 17.2 Å². The van der Waals surface area contributed by atoms with Crippen LogP contribution in [0, 0.1) is 0 Å². The lowest BCUT2D eigenvalue weighted by Gasteiger charge is -2.24. The average molecular weight is 488 g/mol. The van der Waals surface area contributed by atoms with Crippen LogP contribution in [-0.2, 0) is 19.1 Å². The van der Waals surface area contributed by atoms with E-state index in [1.807, 2.05) is 31.2 Å². The summed E-state index contributed by atoms with van der Waals surface area (Å²) < 4.78 is 55.7. The first kappa shape index (κ1) is 25.9. The predicted molar refractivity (Wildman–Crippen MR) is 127 cm³/mol. The fourth-order valence-corrected chi connectivity index (χ4v) is 3.64. The highest BCUT2D eigenvalue weighted by molar-refractivity contribution is 5.94. The number of amides is 1. The van der Waals surface area contributed by atoms with Gasteiger partial charge in [-0.05, 0) is 66.9 Å². The average Bonchev–Trinajstić information content (AvgIpc) is 2.86. The van der Waals surface area contributed by atoms with Gasteiger partial charge in [0.15, 0.2) is 11.5 Å². The lowest BCUT2D eigenvalue weighted by Crippen LogP contribution is -2.32. The number of hydrogen-bond donors (Lipinski definition) is 0. The number of ether oxygens (including phenoxy) is 3. The zero-order valence-corrected chi connectivity index (χ0v) is 19.9. The van der Waals surface area contributed by atoms with Gasteiger partial charge < -0.3 is 19.1 Å². The van der Waals surface area contributed by atoms with E-state index in [-0.39, 0.29) is 18.7 Å². The van der Waals surface area contributed by atoms with E-state index in [2.05, 4.69) is 0 Å². The third kappa shape index (κ3) is 6.91. The number of rotatable bonds is 10. The van der Waals surface area contributed by atoms with Gasteiger partial charge in [-0.2, -0.15) is 13.2 Å². The third-order valence-corrected chi connectivity index (χ3v) is 5.45. The number of alkyl halides is 3. The lowest BCUT2D eigenvalue weighted by atomic mass is 10.1. The Hall–Kier alpha value is -3.68. The van der Waals surface area contributed by atoms with Crippen LogP contribution in [0.25, 0.3) is 0 Å². The summed E-state index contributed by atoms with van der Waals surface area (Å²) >= 11 is 0. The van der Waals surface area contributed by atoms with E-state index >= 15 is 0 Å². The van der Waals surface area contributed by atoms with E-state index in [1.165, 1.54) is 19.2 Å². The number of carbonyl (C=O) groups excluding carboxylic acids is 1. The summed E-state index contributed by atoms with van der Waals surface area (Å²) in [6.45, 7) is 2.94. The molecule has 0 atom stereocenters. The van der Waals surface area contributed by atoms with Crippen LogP contribution in [0.1, 0.15) is 34.0 Å². The summed E-state index contributed by atoms with van der Waals surface area (Å²) in [6, 6.07) is 17.3. The molecule has 35 heavy (non-hydrogen) atoms. The minimum absolute atomic E-state index is 0.0157. The van der Waals surface area contributed by atoms with Crippen LogP contribution in [0.15, 0.2) is 66.7 Å². The fourth-order valence-electron chi connectivity index (χ4n) is 3.64. The van der Waals surface area contributed by atoms with Gasteiger partial charge in [-0.25, -0.2) is 0 Å². The van der Waals surface area contributed by atoms with Gasteiger partial charge in [0, 0.05) is 18.7 Å². The van der Waals surface area contributed by atoms with E-state index in [0.717, 1.165) is 23.3 Å². The molecule has 5 nitrogen and oxygen atoms in total. The zero-order valence-electron chi connectivity index (χ0n) is 19.9. The van der Waals surface area contributed by atoms with Crippen molar-refractivity contribution in [3.05, 3.63) is 89.0 Å². The van der Waals surface area contributed by atoms with Crippen molar-refractivity contribution >= 4 is 5.91 Å².